The molecule has 7 heteroatoms. The smallest absolute Gasteiger partial charge is 0.220 e. The van der Waals surface area contributed by atoms with Crippen LogP contribution in [0.1, 0.15) is 38.5 Å². The van der Waals surface area contributed by atoms with Crippen LogP contribution in [0.2, 0.25) is 5.02 Å². The SMILES string of the molecule is NC(=O)C1CCC(CCN2CC[C@@H](Oc3ccc(F)cc3Cl)[C@H](O)C2)CC1. The molecule has 3 rings (SSSR count). The summed E-state index contributed by atoms with van der Waals surface area (Å²) in [6, 6.07) is 4.01. The van der Waals surface area contributed by atoms with Crippen LogP contribution < -0.4 is 10.5 Å². The molecule has 5 nitrogen and oxygen atoms in total. The fraction of sp³-hybridized carbons (Fsp3) is 0.650. The number of piperidine rings is 1. The number of ether oxygens (including phenoxy) is 1. The summed E-state index contributed by atoms with van der Waals surface area (Å²) in [7, 11) is 0. The molecule has 1 aromatic carbocycles. The number of hydrogen-bond donors (Lipinski definition) is 2. The van der Waals surface area contributed by atoms with Gasteiger partial charge in [0, 0.05) is 19.0 Å². The summed E-state index contributed by atoms with van der Waals surface area (Å²) >= 11 is 6.00. The molecule has 1 aromatic rings. The molecule has 2 fully saturated rings. The highest BCUT2D eigenvalue weighted by Crippen LogP contribution is 2.31. The normalized spacial score (nSPS) is 29.4. The van der Waals surface area contributed by atoms with Crippen molar-refractivity contribution in [3.05, 3.63) is 29.0 Å². The molecule has 1 heterocycles. The maximum absolute atomic E-state index is 13.1. The number of carbonyl (C=O) groups is 1. The second-order valence-electron chi connectivity index (χ2n) is 7.80. The zero-order chi connectivity index (χ0) is 19.4. The van der Waals surface area contributed by atoms with E-state index in [1.54, 1.807) is 0 Å². The number of hydrogen-bond acceptors (Lipinski definition) is 4. The minimum absolute atomic E-state index is 0.0502. The lowest BCUT2D eigenvalue weighted by molar-refractivity contribution is -0.123. The third kappa shape index (κ3) is 5.56. The highest BCUT2D eigenvalue weighted by atomic mass is 35.5. The van der Waals surface area contributed by atoms with Gasteiger partial charge in [-0.15, -0.1) is 0 Å². The van der Waals surface area contributed by atoms with Gasteiger partial charge in [0.25, 0.3) is 0 Å². The minimum Gasteiger partial charge on any atom is -0.486 e. The fourth-order valence-corrected chi connectivity index (χ4v) is 4.36. The molecule has 3 N–H and O–H groups in total. The Balaban J connectivity index is 1.41. The van der Waals surface area contributed by atoms with E-state index in [1.807, 2.05) is 0 Å². The van der Waals surface area contributed by atoms with Gasteiger partial charge in [0.1, 0.15) is 23.8 Å². The van der Waals surface area contributed by atoms with Crippen LogP contribution in [0.5, 0.6) is 5.75 Å². The number of halogens is 2. The van der Waals surface area contributed by atoms with Gasteiger partial charge in [-0.1, -0.05) is 11.6 Å². The molecule has 0 radical (unpaired) electrons. The third-order valence-corrected chi connectivity index (χ3v) is 6.17. The number of likely N-dealkylation sites (tertiary alicyclic amines) is 1. The Morgan fingerprint density at radius 2 is 2.04 bits per heavy atom. The van der Waals surface area contributed by atoms with Crippen molar-refractivity contribution in [2.45, 2.75) is 50.7 Å². The van der Waals surface area contributed by atoms with Gasteiger partial charge in [0.05, 0.1) is 5.02 Å². The van der Waals surface area contributed by atoms with Crippen LogP contribution >= 0.6 is 11.6 Å². The van der Waals surface area contributed by atoms with Gasteiger partial charge in [-0.05, 0) is 69.2 Å². The Morgan fingerprint density at radius 3 is 2.67 bits per heavy atom. The summed E-state index contributed by atoms with van der Waals surface area (Å²) in [6.07, 6.45) is 4.74. The van der Waals surface area contributed by atoms with E-state index in [4.69, 9.17) is 22.1 Å². The molecule has 1 amide bonds. The molecule has 0 aromatic heterocycles. The number of amides is 1. The molecule has 1 aliphatic heterocycles. The van der Waals surface area contributed by atoms with E-state index < -0.39 is 11.9 Å². The highest BCUT2D eigenvalue weighted by Gasteiger charge is 2.31. The standard InChI is InChI=1S/C20H28ClFN2O3/c21-16-11-15(22)5-6-18(16)27-19-8-10-24(12-17(19)25)9-7-13-1-3-14(4-2-13)20(23)26/h5-6,11,13-14,17,19,25H,1-4,7-10,12H2,(H2,23,26)/t13?,14?,17-,19-/m1/s1. The predicted octanol–water partition coefficient (Wildman–Crippen LogP) is 2.97. The summed E-state index contributed by atoms with van der Waals surface area (Å²) in [5.41, 5.74) is 5.39. The van der Waals surface area contributed by atoms with E-state index in [0.29, 0.717) is 24.6 Å². The van der Waals surface area contributed by atoms with Gasteiger partial charge in [-0.3, -0.25) is 4.79 Å². The monoisotopic (exact) mass is 398 g/mol. The van der Waals surface area contributed by atoms with E-state index in [9.17, 15) is 14.3 Å². The summed E-state index contributed by atoms with van der Waals surface area (Å²) in [6.45, 7) is 2.34. The van der Waals surface area contributed by atoms with Crippen molar-refractivity contribution in [3.8, 4) is 5.75 Å². The Hall–Kier alpha value is -1.37. The van der Waals surface area contributed by atoms with Gasteiger partial charge in [-0.25, -0.2) is 4.39 Å². The first-order valence-corrected chi connectivity index (χ1v) is 10.1. The number of carbonyl (C=O) groups excluding carboxylic acids is 1. The van der Waals surface area contributed by atoms with Crippen LogP contribution in [0.4, 0.5) is 4.39 Å². The largest absolute Gasteiger partial charge is 0.486 e. The summed E-state index contributed by atoms with van der Waals surface area (Å²) in [4.78, 5) is 13.5. The number of nitrogens with zero attached hydrogens (tertiary/aromatic N) is 1. The summed E-state index contributed by atoms with van der Waals surface area (Å²) in [5.74, 6) is 0.508. The maximum atomic E-state index is 13.1. The van der Waals surface area contributed by atoms with E-state index >= 15 is 0 Å². The van der Waals surface area contributed by atoms with E-state index in [1.165, 1.54) is 18.2 Å². The number of rotatable bonds is 6. The Bertz CT molecular complexity index is 652. The van der Waals surface area contributed by atoms with Gasteiger partial charge in [-0.2, -0.15) is 0 Å². The molecule has 0 spiro atoms. The molecular weight excluding hydrogens is 371 g/mol. The molecule has 150 valence electrons. The van der Waals surface area contributed by atoms with Gasteiger partial charge >= 0.3 is 0 Å². The summed E-state index contributed by atoms with van der Waals surface area (Å²) < 4.78 is 18.9. The van der Waals surface area contributed by atoms with E-state index in [2.05, 4.69) is 4.90 Å². The molecule has 0 unspecified atom stereocenters. The van der Waals surface area contributed by atoms with Crippen LogP contribution in [0.15, 0.2) is 18.2 Å². The second kappa shape index (κ2) is 9.22. The fourth-order valence-electron chi connectivity index (χ4n) is 4.15. The zero-order valence-corrected chi connectivity index (χ0v) is 16.2. The number of benzene rings is 1. The number of aliphatic hydroxyl groups excluding tert-OH is 1. The van der Waals surface area contributed by atoms with Crippen molar-refractivity contribution >= 4 is 17.5 Å². The molecule has 2 aliphatic rings. The predicted molar refractivity (Wildman–Crippen MR) is 102 cm³/mol. The molecule has 1 saturated heterocycles. The second-order valence-corrected chi connectivity index (χ2v) is 8.20. The van der Waals surface area contributed by atoms with Gasteiger partial charge in [0.2, 0.25) is 5.91 Å². The van der Waals surface area contributed by atoms with E-state index in [0.717, 1.165) is 45.2 Å². The van der Waals surface area contributed by atoms with Crippen LogP contribution in [-0.4, -0.2) is 47.8 Å². The summed E-state index contributed by atoms with van der Waals surface area (Å²) in [5, 5.41) is 10.7. The van der Waals surface area contributed by atoms with Gasteiger partial charge in [0.15, 0.2) is 0 Å². The van der Waals surface area contributed by atoms with Crippen molar-refractivity contribution in [2.24, 2.45) is 17.6 Å². The van der Waals surface area contributed by atoms with Crippen LogP contribution in [0.3, 0.4) is 0 Å². The van der Waals surface area contributed by atoms with Crippen molar-refractivity contribution in [1.82, 2.24) is 4.90 Å². The third-order valence-electron chi connectivity index (χ3n) is 5.88. The number of aliphatic hydroxyl groups is 1. The first-order chi connectivity index (χ1) is 12.9. The van der Waals surface area contributed by atoms with Crippen molar-refractivity contribution < 1.29 is 19.0 Å². The quantitative estimate of drug-likeness (QED) is 0.772. The Morgan fingerprint density at radius 1 is 1.30 bits per heavy atom. The average molecular weight is 399 g/mol. The highest BCUT2D eigenvalue weighted by molar-refractivity contribution is 6.32. The average Bonchev–Trinajstić information content (AvgIpc) is 2.64. The molecule has 2 atom stereocenters. The van der Waals surface area contributed by atoms with Crippen molar-refractivity contribution in [2.75, 3.05) is 19.6 Å². The molecule has 1 aliphatic carbocycles. The van der Waals surface area contributed by atoms with Crippen molar-refractivity contribution in [3.63, 3.8) is 0 Å². The lowest BCUT2D eigenvalue weighted by Crippen LogP contribution is -2.49. The maximum Gasteiger partial charge on any atom is 0.220 e. The van der Waals surface area contributed by atoms with Crippen LogP contribution in [-0.2, 0) is 4.79 Å². The van der Waals surface area contributed by atoms with Gasteiger partial charge < -0.3 is 20.5 Å². The first kappa shape index (κ1) is 20.4. The van der Waals surface area contributed by atoms with Crippen molar-refractivity contribution in [1.29, 1.82) is 0 Å². The molecule has 1 saturated carbocycles. The Kier molecular flexibility index (Phi) is 6.95. The number of nitrogens with two attached hydrogens (primary N) is 1. The lowest BCUT2D eigenvalue weighted by atomic mass is 9.80. The Labute approximate surface area is 164 Å². The topological polar surface area (TPSA) is 75.8 Å². The lowest BCUT2D eigenvalue weighted by Gasteiger charge is -2.37. The molecule has 27 heavy (non-hydrogen) atoms. The zero-order valence-electron chi connectivity index (χ0n) is 15.4. The molecule has 0 bridgehead atoms. The minimum atomic E-state index is -0.606. The first-order valence-electron chi connectivity index (χ1n) is 9.74. The number of β-amino-alcohol motifs (C(OH)–C–C–N with tert-alkyl or cyclic N) is 1. The molecular formula is C20H28ClFN2O3. The number of primary amides is 1. The van der Waals surface area contributed by atoms with Crippen LogP contribution in [0.25, 0.3) is 0 Å². The van der Waals surface area contributed by atoms with E-state index in [-0.39, 0.29) is 23.0 Å². The van der Waals surface area contributed by atoms with Crippen LogP contribution in [0, 0.1) is 17.7 Å².